The summed E-state index contributed by atoms with van der Waals surface area (Å²) in [5.74, 6) is 0. The van der Waals surface area contributed by atoms with Crippen LogP contribution in [-0.4, -0.2) is 22.6 Å². The maximum Gasteiger partial charge on any atom is 0.257 e. The molecule has 0 radical (unpaired) electrons. The molecule has 0 N–H and O–H groups in total. The minimum Gasteiger partial charge on any atom is -0.311 e. The van der Waals surface area contributed by atoms with Crippen molar-refractivity contribution in [1.29, 1.82) is 0 Å². The van der Waals surface area contributed by atoms with Crippen molar-refractivity contribution in [2.24, 2.45) is 0 Å². The van der Waals surface area contributed by atoms with Gasteiger partial charge in [-0.1, -0.05) is 186 Å². The minimum absolute atomic E-state index is 0.00997. The van der Waals surface area contributed by atoms with Crippen molar-refractivity contribution >= 4 is 141 Å². The molecule has 11 aromatic carbocycles. The Balaban J connectivity index is 0.000000140. The summed E-state index contributed by atoms with van der Waals surface area (Å²) in [6, 6.07) is 84.4. The van der Waals surface area contributed by atoms with Crippen molar-refractivity contribution in [2.75, 3.05) is 14.7 Å². The number of aromatic nitrogens is 2. The highest BCUT2D eigenvalue weighted by Gasteiger charge is 2.49. The number of anilines is 9. The average Bonchev–Trinajstić information content (AvgIpc) is 1.68. The van der Waals surface area contributed by atoms with Gasteiger partial charge < -0.3 is 23.8 Å². The first-order valence-electron chi connectivity index (χ1n) is 32.1. The van der Waals surface area contributed by atoms with E-state index in [2.05, 4.69) is 331 Å². The molecule has 7 heterocycles. The first kappa shape index (κ1) is 53.8. The number of nitrogens with zero attached hydrogens (tertiary/aromatic N) is 5. The van der Waals surface area contributed by atoms with Crippen molar-refractivity contribution in [3.05, 3.63) is 247 Å². The number of para-hydroxylation sites is 3. The molecule has 0 saturated carbocycles. The lowest BCUT2D eigenvalue weighted by atomic mass is 9.32. The summed E-state index contributed by atoms with van der Waals surface area (Å²) in [6.07, 6.45) is 0. The SMILES string of the molecule is CC(C)(C)c1ccc2c(c1)c1cc(C(C)(C)C)cc3c1n2-c1cccc2c1B3c1cc(C(C)(C)C)cc3c4cc(C(C)(C)C)ccc4n-2c13.c1ccc(N2c3cccc4c3B3c5c2cccc5N(c2ccccc2)c2cccc(c23)N4c2ccccc2)cc1. The minimum atomic E-state index is 0.00997. The quantitative estimate of drug-likeness (QED) is 0.164. The molecule has 5 aliphatic rings. The van der Waals surface area contributed by atoms with E-state index in [4.69, 9.17) is 0 Å². The lowest BCUT2D eigenvalue weighted by Gasteiger charge is -2.49. The van der Waals surface area contributed by atoms with E-state index in [0.717, 1.165) is 0 Å². The molecule has 0 unspecified atom stereocenters. The van der Waals surface area contributed by atoms with Gasteiger partial charge in [-0.3, -0.25) is 0 Å². The maximum atomic E-state index is 2.60. The molecule has 0 bridgehead atoms. The fourth-order valence-electron chi connectivity index (χ4n) is 15.9. The van der Waals surface area contributed by atoms with Gasteiger partial charge in [0.1, 0.15) is 0 Å². The second-order valence-corrected chi connectivity index (χ2v) is 29.8. The molecule has 0 fully saturated rings. The van der Waals surface area contributed by atoms with Gasteiger partial charge in [0.05, 0.1) is 11.0 Å². The largest absolute Gasteiger partial charge is 0.311 e. The lowest BCUT2D eigenvalue weighted by Crippen LogP contribution is -2.64. The first-order valence-corrected chi connectivity index (χ1v) is 32.1. The van der Waals surface area contributed by atoms with Crippen LogP contribution in [0.25, 0.3) is 55.0 Å². The summed E-state index contributed by atoms with van der Waals surface area (Å²) in [5, 5.41) is 5.48. The molecule has 0 aliphatic carbocycles. The molecule has 0 saturated heterocycles. The number of fused-ring (bicyclic) bond motifs is 10. The third-order valence-electron chi connectivity index (χ3n) is 20.2. The van der Waals surface area contributed by atoms with E-state index in [-0.39, 0.29) is 35.1 Å². The Labute approximate surface area is 524 Å². The highest BCUT2D eigenvalue weighted by Crippen LogP contribution is 2.51. The molecule has 7 heteroatoms. The van der Waals surface area contributed by atoms with Gasteiger partial charge in [0.15, 0.2) is 0 Å². The Morgan fingerprint density at radius 2 is 0.528 bits per heavy atom. The molecule has 0 atom stereocenters. The summed E-state index contributed by atoms with van der Waals surface area (Å²) in [5.41, 5.74) is 33.1. The summed E-state index contributed by atoms with van der Waals surface area (Å²) in [6.45, 7) is 28.5. The van der Waals surface area contributed by atoms with Gasteiger partial charge in [-0.05, 0) is 198 Å². The van der Waals surface area contributed by atoms with Gasteiger partial charge in [0.2, 0.25) is 0 Å². The van der Waals surface area contributed by atoms with Crippen molar-refractivity contribution in [2.45, 2.75) is 105 Å². The molecule has 13 aromatic rings. The highest BCUT2D eigenvalue weighted by molar-refractivity contribution is 7.03. The van der Waals surface area contributed by atoms with Gasteiger partial charge in [-0.15, -0.1) is 0 Å². The molecule has 0 spiro atoms. The van der Waals surface area contributed by atoms with E-state index in [1.807, 2.05) is 0 Å². The Bertz CT molecular complexity index is 4670. The topological polar surface area (TPSA) is 19.6 Å². The summed E-state index contributed by atoms with van der Waals surface area (Å²) in [7, 11) is 0. The van der Waals surface area contributed by atoms with Crippen molar-refractivity contribution in [3.8, 4) is 11.4 Å². The van der Waals surface area contributed by atoms with E-state index >= 15 is 0 Å². The van der Waals surface area contributed by atoms with E-state index in [9.17, 15) is 0 Å². The third-order valence-corrected chi connectivity index (χ3v) is 20.2. The predicted molar refractivity (Wildman–Crippen MR) is 383 cm³/mol. The third kappa shape index (κ3) is 7.70. The average molecular weight is 1150 g/mol. The van der Waals surface area contributed by atoms with Crippen LogP contribution in [0.3, 0.4) is 0 Å². The van der Waals surface area contributed by atoms with Crippen molar-refractivity contribution < 1.29 is 0 Å². The fraction of sp³-hybridized carbons (Fsp3) is 0.195. The number of hydrogen-bond acceptors (Lipinski definition) is 3. The first-order chi connectivity index (χ1) is 42.7. The zero-order valence-corrected chi connectivity index (χ0v) is 53.3. The number of rotatable bonds is 3. The van der Waals surface area contributed by atoms with Gasteiger partial charge >= 0.3 is 0 Å². The van der Waals surface area contributed by atoms with Gasteiger partial charge in [0, 0.05) is 95.1 Å². The van der Waals surface area contributed by atoms with E-state index < -0.39 is 0 Å². The van der Waals surface area contributed by atoms with Crippen LogP contribution in [0, 0.1) is 0 Å². The molecule has 0 amide bonds. The molecule has 89 heavy (non-hydrogen) atoms. The smallest absolute Gasteiger partial charge is 0.257 e. The molecule has 5 nitrogen and oxygen atoms in total. The Kier molecular flexibility index (Phi) is 11.2. The van der Waals surface area contributed by atoms with Gasteiger partial charge in [-0.25, -0.2) is 0 Å². The monoisotopic (exact) mass is 1150 g/mol. The lowest BCUT2D eigenvalue weighted by molar-refractivity contribution is 0.590. The number of benzene rings is 11. The Hall–Kier alpha value is -9.45. The second-order valence-electron chi connectivity index (χ2n) is 29.8. The predicted octanol–water partition coefficient (Wildman–Crippen LogP) is 17.8. The van der Waals surface area contributed by atoms with Crippen molar-refractivity contribution in [3.63, 3.8) is 0 Å². The Morgan fingerprint density at radius 3 is 0.831 bits per heavy atom. The van der Waals surface area contributed by atoms with Crippen LogP contribution in [0.1, 0.15) is 105 Å². The van der Waals surface area contributed by atoms with E-state index in [0.29, 0.717) is 0 Å². The summed E-state index contributed by atoms with van der Waals surface area (Å²) >= 11 is 0. The second kappa shape index (κ2) is 18.6. The van der Waals surface area contributed by atoms with Crippen LogP contribution in [0.15, 0.2) is 224 Å². The molecule has 18 rings (SSSR count). The highest BCUT2D eigenvalue weighted by atomic mass is 15.2. The van der Waals surface area contributed by atoms with Gasteiger partial charge in [-0.2, -0.15) is 0 Å². The maximum absolute atomic E-state index is 2.60. The summed E-state index contributed by atoms with van der Waals surface area (Å²) in [4.78, 5) is 7.37. The van der Waals surface area contributed by atoms with E-state index in [1.54, 1.807) is 0 Å². The zero-order chi connectivity index (χ0) is 60.9. The van der Waals surface area contributed by atoms with Crippen LogP contribution < -0.4 is 47.5 Å². The zero-order valence-electron chi connectivity index (χ0n) is 53.3. The normalized spacial score (nSPS) is 14.2. The molecule has 5 aliphatic heterocycles. The fourth-order valence-corrected chi connectivity index (χ4v) is 15.9. The van der Waals surface area contributed by atoms with Crippen LogP contribution in [0.2, 0.25) is 0 Å². The molecule has 2 aromatic heterocycles. The van der Waals surface area contributed by atoms with Crippen LogP contribution in [0.4, 0.5) is 51.2 Å². The van der Waals surface area contributed by atoms with Crippen LogP contribution in [0.5, 0.6) is 0 Å². The molecular formula is C82H73B2N5. The standard InChI is InChI=1S/C46H49BN2.C36H24BN3/c1-43(2,3)26-16-18-36-30(20-26)32-22-28(45(7,8)9)24-34-41(32)48(36)38-14-13-15-39-40(38)47(34)35-25-29(46(10,11)12)23-33-31-21-27(44(4,5)6)17-19-37(31)49(39)42(33)35;1-4-13-25(14-5-1)38-28-19-10-21-30-34(28)37-35-29(38)20-11-22-31(35)40(27-17-8-3-9-18-27)33-24-12-23-32(36(33)37)39(30)26-15-6-2-7-16-26/h13-25H,1-12H3;1-24H. The molecule has 432 valence electrons. The van der Waals surface area contributed by atoms with Crippen molar-refractivity contribution in [1.82, 2.24) is 9.13 Å². The molecular weight excluding hydrogens is 1080 g/mol. The van der Waals surface area contributed by atoms with E-state index in [1.165, 1.54) is 161 Å². The van der Waals surface area contributed by atoms with Gasteiger partial charge in [0.25, 0.3) is 13.4 Å². The number of hydrogen-bond donors (Lipinski definition) is 0. The van der Waals surface area contributed by atoms with Crippen LogP contribution in [-0.2, 0) is 21.7 Å². The van der Waals surface area contributed by atoms with Crippen LogP contribution >= 0.6 is 0 Å². The Morgan fingerprint density at radius 1 is 0.247 bits per heavy atom. The summed E-state index contributed by atoms with van der Waals surface area (Å²) < 4.78 is 5.21.